The molecule has 3 heteroatoms. The maximum atomic E-state index is 5.62. The SMILES string of the molecule is CCC(CSC)N(C)c1ccc(CCN)c(C)c1. The van der Waals surface area contributed by atoms with E-state index < -0.39 is 0 Å². The Bertz CT molecular complexity index is 366. The van der Waals surface area contributed by atoms with Crippen molar-refractivity contribution in [3.8, 4) is 0 Å². The zero-order valence-electron chi connectivity index (χ0n) is 12.1. The van der Waals surface area contributed by atoms with Gasteiger partial charge in [-0.25, -0.2) is 0 Å². The number of benzene rings is 1. The molecule has 18 heavy (non-hydrogen) atoms. The van der Waals surface area contributed by atoms with Crippen molar-refractivity contribution in [2.75, 3.05) is 30.5 Å². The fourth-order valence-corrected chi connectivity index (χ4v) is 3.09. The van der Waals surface area contributed by atoms with Gasteiger partial charge in [-0.1, -0.05) is 13.0 Å². The molecule has 0 spiro atoms. The summed E-state index contributed by atoms with van der Waals surface area (Å²) in [5.74, 6) is 1.18. The first-order valence-electron chi connectivity index (χ1n) is 6.65. The molecule has 2 nitrogen and oxygen atoms in total. The molecule has 0 aliphatic carbocycles. The Morgan fingerprint density at radius 3 is 2.61 bits per heavy atom. The molecular weight excluding hydrogens is 240 g/mol. The van der Waals surface area contributed by atoms with Crippen molar-refractivity contribution in [2.45, 2.75) is 32.7 Å². The maximum absolute atomic E-state index is 5.62. The standard InChI is InChI=1S/C15H26N2S/c1-5-14(11-18-4)17(3)15-7-6-13(8-9-16)12(2)10-15/h6-7,10,14H,5,8-9,11,16H2,1-4H3. The predicted octanol–water partition coefficient (Wildman–Crippen LogP) is 3.07. The molecule has 1 rings (SSSR count). The molecule has 0 aromatic heterocycles. The molecule has 0 fully saturated rings. The summed E-state index contributed by atoms with van der Waals surface area (Å²) >= 11 is 1.91. The number of nitrogens with two attached hydrogens (primary N) is 1. The van der Waals surface area contributed by atoms with Gasteiger partial charge < -0.3 is 10.6 Å². The van der Waals surface area contributed by atoms with Crippen LogP contribution in [-0.2, 0) is 6.42 Å². The number of thioether (sulfide) groups is 1. The summed E-state index contributed by atoms with van der Waals surface area (Å²) in [5.41, 5.74) is 9.66. The molecule has 0 bridgehead atoms. The van der Waals surface area contributed by atoms with Crippen molar-refractivity contribution in [2.24, 2.45) is 5.73 Å². The minimum atomic E-state index is 0.611. The summed E-state index contributed by atoms with van der Waals surface area (Å²) in [6.07, 6.45) is 4.32. The van der Waals surface area contributed by atoms with Crippen molar-refractivity contribution >= 4 is 17.4 Å². The second kappa shape index (κ2) is 7.70. The average molecular weight is 266 g/mol. The zero-order chi connectivity index (χ0) is 13.5. The largest absolute Gasteiger partial charge is 0.371 e. The Morgan fingerprint density at radius 2 is 2.11 bits per heavy atom. The van der Waals surface area contributed by atoms with Crippen molar-refractivity contribution in [3.05, 3.63) is 29.3 Å². The van der Waals surface area contributed by atoms with E-state index in [2.05, 4.69) is 50.2 Å². The van der Waals surface area contributed by atoms with Gasteiger partial charge in [0.2, 0.25) is 0 Å². The molecule has 0 saturated carbocycles. The van der Waals surface area contributed by atoms with Crippen LogP contribution in [0.1, 0.15) is 24.5 Å². The van der Waals surface area contributed by atoms with Gasteiger partial charge in [0.1, 0.15) is 0 Å². The highest BCUT2D eigenvalue weighted by molar-refractivity contribution is 7.98. The van der Waals surface area contributed by atoms with Crippen LogP contribution in [0.25, 0.3) is 0 Å². The molecule has 1 aromatic rings. The van der Waals surface area contributed by atoms with Crippen LogP contribution in [0.2, 0.25) is 0 Å². The fraction of sp³-hybridized carbons (Fsp3) is 0.600. The normalized spacial score (nSPS) is 12.5. The number of nitrogens with zero attached hydrogens (tertiary/aromatic N) is 1. The lowest BCUT2D eigenvalue weighted by Gasteiger charge is -2.29. The first kappa shape index (κ1) is 15.4. The van der Waals surface area contributed by atoms with E-state index in [1.807, 2.05) is 11.8 Å². The van der Waals surface area contributed by atoms with Crippen LogP contribution >= 0.6 is 11.8 Å². The van der Waals surface area contributed by atoms with Crippen molar-refractivity contribution in [3.63, 3.8) is 0 Å². The first-order chi connectivity index (χ1) is 8.63. The van der Waals surface area contributed by atoms with E-state index in [0.717, 1.165) is 13.0 Å². The topological polar surface area (TPSA) is 29.3 Å². The lowest BCUT2D eigenvalue weighted by molar-refractivity contribution is 0.673. The smallest absolute Gasteiger partial charge is 0.0374 e. The van der Waals surface area contributed by atoms with Crippen LogP contribution in [0.3, 0.4) is 0 Å². The van der Waals surface area contributed by atoms with E-state index in [9.17, 15) is 0 Å². The first-order valence-corrected chi connectivity index (χ1v) is 8.04. The van der Waals surface area contributed by atoms with Gasteiger partial charge in [-0.15, -0.1) is 0 Å². The van der Waals surface area contributed by atoms with Gasteiger partial charge >= 0.3 is 0 Å². The van der Waals surface area contributed by atoms with E-state index >= 15 is 0 Å². The Balaban J connectivity index is 2.85. The quantitative estimate of drug-likeness (QED) is 0.822. The number of rotatable bonds is 7. The van der Waals surface area contributed by atoms with Gasteiger partial charge in [0.15, 0.2) is 0 Å². The van der Waals surface area contributed by atoms with Crippen LogP contribution in [0.4, 0.5) is 5.69 Å². The number of hydrogen-bond donors (Lipinski definition) is 1. The monoisotopic (exact) mass is 266 g/mol. The van der Waals surface area contributed by atoms with E-state index in [1.165, 1.54) is 29.0 Å². The summed E-state index contributed by atoms with van der Waals surface area (Å²) in [7, 11) is 2.20. The van der Waals surface area contributed by atoms with E-state index in [1.54, 1.807) is 0 Å². The van der Waals surface area contributed by atoms with Gasteiger partial charge in [-0.2, -0.15) is 11.8 Å². The van der Waals surface area contributed by atoms with E-state index in [4.69, 9.17) is 5.73 Å². The van der Waals surface area contributed by atoms with Crippen molar-refractivity contribution in [1.82, 2.24) is 0 Å². The molecule has 0 aliphatic rings. The molecule has 1 aromatic carbocycles. The average Bonchev–Trinajstić information content (AvgIpc) is 2.37. The summed E-state index contributed by atoms with van der Waals surface area (Å²) in [5, 5.41) is 0. The molecule has 1 unspecified atom stereocenters. The van der Waals surface area contributed by atoms with Gasteiger partial charge in [0.05, 0.1) is 0 Å². The third-order valence-corrected chi connectivity index (χ3v) is 4.24. The third-order valence-electron chi connectivity index (χ3n) is 3.53. The molecule has 0 radical (unpaired) electrons. The second-order valence-corrected chi connectivity index (χ2v) is 5.69. The number of anilines is 1. The fourth-order valence-electron chi connectivity index (χ4n) is 2.24. The molecule has 1 atom stereocenters. The van der Waals surface area contributed by atoms with Gasteiger partial charge in [-0.05, 0) is 55.8 Å². The molecular formula is C15H26N2S. The van der Waals surface area contributed by atoms with Crippen LogP contribution in [0.5, 0.6) is 0 Å². The minimum absolute atomic E-state index is 0.611. The molecule has 0 aliphatic heterocycles. The van der Waals surface area contributed by atoms with Crippen LogP contribution in [0, 0.1) is 6.92 Å². The van der Waals surface area contributed by atoms with E-state index in [-0.39, 0.29) is 0 Å². The van der Waals surface area contributed by atoms with Gasteiger partial charge in [-0.3, -0.25) is 0 Å². The van der Waals surface area contributed by atoms with Gasteiger partial charge in [0.25, 0.3) is 0 Å². The van der Waals surface area contributed by atoms with Crippen molar-refractivity contribution < 1.29 is 0 Å². The molecule has 2 N–H and O–H groups in total. The van der Waals surface area contributed by atoms with E-state index in [0.29, 0.717) is 6.04 Å². The molecule has 102 valence electrons. The lowest BCUT2D eigenvalue weighted by Crippen LogP contribution is -2.33. The van der Waals surface area contributed by atoms with Crippen molar-refractivity contribution in [1.29, 1.82) is 0 Å². The Kier molecular flexibility index (Phi) is 6.58. The summed E-state index contributed by atoms with van der Waals surface area (Å²) in [4.78, 5) is 2.40. The summed E-state index contributed by atoms with van der Waals surface area (Å²) < 4.78 is 0. The molecule has 0 saturated heterocycles. The highest BCUT2D eigenvalue weighted by Gasteiger charge is 2.13. The summed E-state index contributed by atoms with van der Waals surface area (Å²) in [6, 6.07) is 7.34. The highest BCUT2D eigenvalue weighted by Crippen LogP contribution is 2.22. The number of hydrogen-bond acceptors (Lipinski definition) is 3. The highest BCUT2D eigenvalue weighted by atomic mass is 32.2. The molecule has 0 heterocycles. The Morgan fingerprint density at radius 1 is 1.39 bits per heavy atom. The summed E-state index contributed by atoms with van der Waals surface area (Å²) in [6.45, 7) is 5.16. The number of aryl methyl sites for hydroxylation is 1. The predicted molar refractivity (Wildman–Crippen MR) is 84.8 cm³/mol. The zero-order valence-corrected chi connectivity index (χ0v) is 12.9. The van der Waals surface area contributed by atoms with Crippen LogP contribution in [0.15, 0.2) is 18.2 Å². The Hall–Kier alpha value is -0.670. The van der Waals surface area contributed by atoms with Crippen LogP contribution in [-0.4, -0.2) is 31.6 Å². The van der Waals surface area contributed by atoms with Crippen LogP contribution < -0.4 is 10.6 Å². The molecule has 0 amide bonds. The Labute approximate surface area is 116 Å². The lowest BCUT2D eigenvalue weighted by atomic mass is 10.0. The van der Waals surface area contributed by atoms with Gasteiger partial charge in [0, 0.05) is 24.5 Å². The second-order valence-electron chi connectivity index (χ2n) is 4.78. The maximum Gasteiger partial charge on any atom is 0.0374 e. The third kappa shape index (κ3) is 3.92. The minimum Gasteiger partial charge on any atom is -0.371 e.